The van der Waals surface area contributed by atoms with E-state index in [1.165, 1.54) is 0 Å². The van der Waals surface area contributed by atoms with Gasteiger partial charge in [-0.05, 0) is 48.8 Å². The Morgan fingerprint density at radius 1 is 1.33 bits per heavy atom. The Hall–Kier alpha value is -1.55. The molecule has 1 amide bonds. The number of methoxy groups -OCH3 is 1. The van der Waals surface area contributed by atoms with E-state index < -0.39 is 5.60 Å². The maximum Gasteiger partial charge on any atom is 0.220 e. The fraction of sp³-hybridized carbons (Fsp3) is 0.650. The molecule has 0 aromatic heterocycles. The Balaban J connectivity index is 2.00. The molecule has 4 heteroatoms. The van der Waals surface area contributed by atoms with E-state index in [1.54, 1.807) is 7.11 Å². The number of nitrogens with one attached hydrogen (secondary N) is 1. The van der Waals surface area contributed by atoms with Crippen LogP contribution in [0.2, 0.25) is 0 Å². The van der Waals surface area contributed by atoms with Gasteiger partial charge in [0.15, 0.2) is 0 Å². The first kappa shape index (κ1) is 18.8. The van der Waals surface area contributed by atoms with Crippen LogP contribution in [-0.4, -0.2) is 30.3 Å². The first-order valence-corrected chi connectivity index (χ1v) is 8.98. The molecule has 134 valence electrons. The number of rotatable bonds is 7. The highest BCUT2D eigenvalue weighted by Gasteiger charge is 2.31. The zero-order valence-corrected chi connectivity index (χ0v) is 15.4. The average molecular weight is 333 g/mol. The number of hydrogen-bond donors (Lipinski definition) is 2. The summed E-state index contributed by atoms with van der Waals surface area (Å²) in [6, 6.07) is 6.13. The van der Waals surface area contributed by atoms with Crippen molar-refractivity contribution in [3.63, 3.8) is 0 Å². The monoisotopic (exact) mass is 333 g/mol. The van der Waals surface area contributed by atoms with E-state index in [1.807, 2.05) is 19.1 Å². The Kier molecular flexibility index (Phi) is 6.27. The lowest BCUT2D eigenvalue weighted by Crippen LogP contribution is -2.41. The Bertz CT molecular complexity index is 562. The number of amides is 1. The van der Waals surface area contributed by atoms with Crippen molar-refractivity contribution in [2.24, 2.45) is 5.92 Å². The third-order valence-electron chi connectivity index (χ3n) is 5.21. The van der Waals surface area contributed by atoms with E-state index in [-0.39, 0.29) is 11.8 Å². The molecule has 4 nitrogen and oxygen atoms in total. The van der Waals surface area contributed by atoms with Crippen LogP contribution in [0.15, 0.2) is 18.2 Å². The minimum absolute atomic E-state index is 0.0162. The standard InChI is InChI=1S/C20H31NO3/c1-14(2)17(16-7-8-18(24-4)15(3)11-16)12-19(22)21-13-20(23)9-5-6-10-20/h7-8,11,14,17,23H,5-6,9-10,12-13H2,1-4H3,(H,21,22). The Morgan fingerprint density at radius 3 is 2.54 bits per heavy atom. The SMILES string of the molecule is COc1ccc(C(CC(=O)NCC2(O)CCCC2)C(C)C)cc1C. The molecule has 1 saturated carbocycles. The maximum atomic E-state index is 12.4. The van der Waals surface area contributed by atoms with Gasteiger partial charge in [0.05, 0.1) is 12.7 Å². The Morgan fingerprint density at radius 2 is 2.00 bits per heavy atom. The quantitative estimate of drug-likeness (QED) is 0.802. The minimum atomic E-state index is -0.695. The largest absolute Gasteiger partial charge is 0.496 e. The number of ether oxygens (including phenoxy) is 1. The number of aliphatic hydroxyl groups is 1. The number of aryl methyl sites for hydroxylation is 1. The lowest BCUT2D eigenvalue weighted by molar-refractivity contribution is -0.122. The van der Waals surface area contributed by atoms with Crippen LogP contribution in [0.3, 0.4) is 0 Å². The molecule has 0 bridgehead atoms. The van der Waals surface area contributed by atoms with Crippen LogP contribution in [0, 0.1) is 12.8 Å². The molecule has 1 aromatic rings. The molecule has 2 N–H and O–H groups in total. The number of carbonyl (C=O) groups excluding carboxylic acids is 1. The van der Waals surface area contributed by atoms with Crippen LogP contribution in [-0.2, 0) is 4.79 Å². The van der Waals surface area contributed by atoms with Crippen molar-refractivity contribution in [3.05, 3.63) is 29.3 Å². The molecular formula is C20H31NO3. The second-order valence-electron chi connectivity index (χ2n) is 7.49. The van der Waals surface area contributed by atoms with Gasteiger partial charge in [-0.1, -0.05) is 38.8 Å². The molecule has 2 rings (SSSR count). The van der Waals surface area contributed by atoms with Crippen molar-refractivity contribution < 1.29 is 14.6 Å². The molecule has 0 radical (unpaired) electrons. The van der Waals surface area contributed by atoms with Crippen molar-refractivity contribution in [1.29, 1.82) is 0 Å². The number of hydrogen-bond acceptors (Lipinski definition) is 3. The van der Waals surface area contributed by atoms with Gasteiger partial charge in [0.1, 0.15) is 5.75 Å². The van der Waals surface area contributed by atoms with Gasteiger partial charge in [-0.2, -0.15) is 0 Å². The van der Waals surface area contributed by atoms with Crippen molar-refractivity contribution in [2.45, 2.75) is 64.4 Å². The summed E-state index contributed by atoms with van der Waals surface area (Å²) in [5, 5.41) is 13.3. The van der Waals surface area contributed by atoms with Gasteiger partial charge in [-0.25, -0.2) is 0 Å². The predicted octanol–water partition coefficient (Wildman–Crippen LogP) is 3.55. The summed E-state index contributed by atoms with van der Waals surface area (Å²) in [6.45, 7) is 6.68. The maximum absolute atomic E-state index is 12.4. The average Bonchev–Trinajstić information content (AvgIpc) is 2.97. The topological polar surface area (TPSA) is 58.6 Å². The molecule has 1 aromatic carbocycles. The van der Waals surface area contributed by atoms with E-state index >= 15 is 0 Å². The van der Waals surface area contributed by atoms with Crippen LogP contribution in [0.25, 0.3) is 0 Å². The van der Waals surface area contributed by atoms with Crippen LogP contribution in [0.5, 0.6) is 5.75 Å². The second-order valence-corrected chi connectivity index (χ2v) is 7.49. The summed E-state index contributed by atoms with van der Waals surface area (Å²) in [4.78, 5) is 12.4. The molecule has 1 unspecified atom stereocenters. The molecule has 1 atom stereocenters. The van der Waals surface area contributed by atoms with Gasteiger partial charge in [-0.15, -0.1) is 0 Å². The van der Waals surface area contributed by atoms with Gasteiger partial charge in [0.25, 0.3) is 0 Å². The number of carbonyl (C=O) groups is 1. The van der Waals surface area contributed by atoms with Gasteiger partial charge < -0.3 is 15.2 Å². The summed E-state index contributed by atoms with van der Waals surface area (Å²) in [7, 11) is 1.67. The summed E-state index contributed by atoms with van der Waals surface area (Å²) in [6.07, 6.45) is 4.12. The smallest absolute Gasteiger partial charge is 0.220 e. The Labute approximate surface area is 145 Å². The lowest BCUT2D eigenvalue weighted by Gasteiger charge is -2.25. The van der Waals surface area contributed by atoms with Gasteiger partial charge >= 0.3 is 0 Å². The van der Waals surface area contributed by atoms with Crippen molar-refractivity contribution in [3.8, 4) is 5.75 Å². The molecule has 24 heavy (non-hydrogen) atoms. The molecule has 0 spiro atoms. The lowest BCUT2D eigenvalue weighted by atomic mass is 9.84. The van der Waals surface area contributed by atoms with E-state index in [0.29, 0.717) is 18.9 Å². The van der Waals surface area contributed by atoms with E-state index in [2.05, 4.69) is 25.2 Å². The van der Waals surface area contributed by atoms with Crippen LogP contribution < -0.4 is 10.1 Å². The predicted molar refractivity (Wildman–Crippen MR) is 96.4 cm³/mol. The fourth-order valence-corrected chi connectivity index (χ4v) is 3.62. The molecule has 1 aliphatic rings. The second kappa shape index (κ2) is 8.02. The van der Waals surface area contributed by atoms with E-state index in [4.69, 9.17) is 4.74 Å². The third kappa shape index (κ3) is 4.73. The zero-order valence-electron chi connectivity index (χ0n) is 15.4. The molecule has 0 aliphatic heterocycles. The number of benzene rings is 1. The molecular weight excluding hydrogens is 302 g/mol. The normalized spacial score (nSPS) is 17.8. The van der Waals surface area contributed by atoms with E-state index in [9.17, 15) is 9.90 Å². The molecule has 0 saturated heterocycles. The van der Waals surface area contributed by atoms with Crippen molar-refractivity contribution in [1.82, 2.24) is 5.32 Å². The fourth-order valence-electron chi connectivity index (χ4n) is 3.62. The highest BCUT2D eigenvalue weighted by atomic mass is 16.5. The summed E-state index contributed by atoms with van der Waals surface area (Å²) < 4.78 is 5.32. The van der Waals surface area contributed by atoms with Crippen LogP contribution in [0.4, 0.5) is 0 Å². The summed E-state index contributed by atoms with van der Waals surface area (Å²) in [5.74, 6) is 1.41. The summed E-state index contributed by atoms with van der Waals surface area (Å²) in [5.41, 5.74) is 1.55. The van der Waals surface area contributed by atoms with Crippen LogP contribution >= 0.6 is 0 Å². The minimum Gasteiger partial charge on any atom is -0.496 e. The van der Waals surface area contributed by atoms with Gasteiger partial charge in [0.2, 0.25) is 5.91 Å². The van der Waals surface area contributed by atoms with Gasteiger partial charge in [-0.3, -0.25) is 4.79 Å². The molecule has 1 fully saturated rings. The summed E-state index contributed by atoms with van der Waals surface area (Å²) >= 11 is 0. The molecule has 1 aliphatic carbocycles. The van der Waals surface area contributed by atoms with Crippen molar-refractivity contribution >= 4 is 5.91 Å². The van der Waals surface area contributed by atoms with Crippen LogP contribution in [0.1, 0.15) is 63.0 Å². The van der Waals surface area contributed by atoms with Crippen molar-refractivity contribution in [2.75, 3.05) is 13.7 Å². The highest BCUT2D eigenvalue weighted by Crippen LogP contribution is 2.32. The first-order valence-electron chi connectivity index (χ1n) is 8.98. The highest BCUT2D eigenvalue weighted by molar-refractivity contribution is 5.77. The zero-order chi connectivity index (χ0) is 17.7. The van der Waals surface area contributed by atoms with E-state index in [0.717, 1.165) is 42.6 Å². The third-order valence-corrected chi connectivity index (χ3v) is 5.21. The van der Waals surface area contributed by atoms with Gasteiger partial charge in [0, 0.05) is 13.0 Å². The molecule has 0 heterocycles. The first-order chi connectivity index (χ1) is 11.3.